The van der Waals surface area contributed by atoms with E-state index in [0.29, 0.717) is 11.0 Å². The number of ether oxygens (including phenoxy) is 1. The second kappa shape index (κ2) is 7.04. The fourth-order valence-corrected chi connectivity index (χ4v) is 2.08. The van der Waals surface area contributed by atoms with Crippen molar-refractivity contribution in [1.29, 1.82) is 0 Å². The first kappa shape index (κ1) is 18.9. The van der Waals surface area contributed by atoms with Crippen molar-refractivity contribution in [1.82, 2.24) is 0 Å². The maximum Gasteiger partial charge on any atom is 0.320 e. The first-order chi connectivity index (χ1) is 8.80. The predicted octanol–water partition coefficient (Wildman–Crippen LogP) is 0.843. The van der Waals surface area contributed by atoms with Crippen molar-refractivity contribution in [3.63, 3.8) is 0 Å². The number of carboxylic acids is 1. The van der Waals surface area contributed by atoms with Crippen LogP contribution in [0.5, 0.6) is 0 Å². The number of hydrogen-bond donors (Lipinski definition) is 2. The van der Waals surface area contributed by atoms with Crippen LogP contribution < -0.4 is 5.73 Å². The Hall–Kier alpha value is -1.14. The molecule has 118 valence electrons. The third-order valence-corrected chi connectivity index (χ3v) is 2.59. The number of carboxylic acid groups (broad SMARTS) is 1. The number of nitrogens with zero attached hydrogens (tertiary/aromatic N) is 1. The van der Waals surface area contributed by atoms with Gasteiger partial charge in [-0.3, -0.25) is 9.59 Å². The van der Waals surface area contributed by atoms with Crippen molar-refractivity contribution in [3.05, 3.63) is 0 Å². The van der Waals surface area contributed by atoms with E-state index in [4.69, 9.17) is 15.6 Å². The Morgan fingerprint density at radius 1 is 1.25 bits per heavy atom. The van der Waals surface area contributed by atoms with Crippen molar-refractivity contribution in [3.8, 4) is 0 Å². The summed E-state index contributed by atoms with van der Waals surface area (Å²) in [6.07, 6.45) is 0.456. The highest BCUT2D eigenvalue weighted by Crippen LogP contribution is 2.18. The highest BCUT2D eigenvalue weighted by atomic mass is 16.6. The minimum absolute atomic E-state index is 0.115. The van der Waals surface area contributed by atoms with E-state index in [2.05, 4.69) is 0 Å². The number of aliphatic carboxylic acids is 1. The Kier molecular flexibility index (Phi) is 6.64. The minimum Gasteiger partial charge on any atom is -0.480 e. The average Bonchev–Trinajstić information content (AvgIpc) is 2.10. The van der Waals surface area contributed by atoms with Gasteiger partial charge in [0, 0.05) is 5.92 Å². The molecule has 0 amide bonds. The highest BCUT2D eigenvalue weighted by molar-refractivity contribution is 5.73. The molecule has 0 aromatic carbocycles. The topological polar surface area (TPSA) is 89.6 Å². The molecule has 3 N–H and O–H groups in total. The van der Waals surface area contributed by atoms with E-state index >= 15 is 0 Å². The van der Waals surface area contributed by atoms with Crippen LogP contribution in [0.2, 0.25) is 0 Å². The van der Waals surface area contributed by atoms with E-state index in [-0.39, 0.29) is 24.7 Å². The number of rotatable bonds is 7. The Morgan fingerprint density at radius 2 is 1.75 bits per heavy atom. The highest BCUT2D eigenvalue weighted by Gasteiger charge is 2.28. The maximum atomic E-state index is 11.9. The fraction of sp³-hybridized carbons (Fsp3) is 0.857. The largest absolute Gasteiger partial charge is 0.480 e. The zero-order valence-electron chi connectivity index (χ0n) is 13.5. The van der Waals surface area contributed by atoms with Gasteiger partial charge in [-0.2, -0.15) is 0 Å². The normalized spacial score (nSPS) is 15.6. The Bertz CT molecular complexity index is 342. The number of nitrogens with two attached hydrogens (primary N) is 1. The number of esters is 1. The second-order valence-corrected chi connectivity index (χ2v) is 7.31. The van der Waals surface area contributed by atoms with Gasteiger partial charge in [0.2, 0.25) is 0 Å². The molecule has 0 aliphatic rings. The summed E-state index contributed by atoms with van der Waals surface area (Å²) in [7, 11) is 5.98. The molecular weight excluding hydrogens is 260 g/mol. The first-order valence-electron chi connectivity index (χ1n) is 6.81. The van der Waals surface area contributed by atoms with Gasteiger partial charge in [-0.05, 0) is 27.2 Å². The SMILES string of the molecule is CC(C)(C)OC(=O)CC(CC(N)C(=O)O)C[N+](C)(C)C. The van der Waals surface area contributed by atoms with Gasteiger partial charge in [0.1, 0.15) is 11.6 Å². The first-order valence-corrected chi connectivity index (χ1v) is 6.81. The molecule has 6 heteroatoms. The summed E-state index contributed by atoms with van der Waals surface area (Å²) in [5, 5.41) is 8.90. The fourth-order valence-electron chi connectivity index (χ4n) is 2.08. The summed E-state index contributed by atoms with van der Waals surface area (Å²) in [5.41, 5.74) is 5.05. The summed E-state index contributed by atoms with van der Waals surface area (Å²) < 4.78 is 5.93. The van der Waals surface area contributed by atoms with E-state index in [1.807, 2.05) is 41.9 Å². The van der Waals surface area contributed by atoms with Crippen LogP contribution in [0.1, 0.15) is 33.6 Å². The van der Waals surface area contributed by atoms with Crippen molar-refractivity contribution in [2.75, 3.05) is 27.7 Å². The number of hydrogen-bond acceptors (Lipinski definition) is 4. The molecule has 0 spiro atoms. The quantitative estimate of drug-likeness (QED) is 0.535. The second-order valence-electron chi connectivity index (χ2n) is 7.31. The van der Waals surface area contributed by atoms with Gasteiger partial charge >= 0.3 is 11.9 Å². The smallest absolute Gasteiger partial charge is 0.320 e. The van der Waals surface area contributed by atoms with Crippen LogP contribution in [-0.4, -0.2) is 60.9 Å². The van der Waals surface area contributed by atoms with Gasteiger partial charge in [-0.1, -0.05) is 0 Å². The van der Waals surface area contributed by atoms with Crippen LogP contribution in [-0.2, 0) is 14.3 Å². The van der Waals surface area contributed by atoms with Gasteiger partial charge in [-0.15, -0.1) is 0 Å². The van der Waals surface area contributed by atoms with E-state index in [0.717, 1.165) is 0 Å². The monoisotopic (exact) mass is 289 g/mol. The molecule has 2 unspecified atom stereocenters. The molecule has 0 rings (SSSR count). The maximum absolute atomic E-state index is 11.9. The summed E-state index contributed by atoms with van der Waals surface area (Å²) in [5.74, 6) is -1.47. The standard InChI is InChI=1S/C14H28N2O4/c1-14(2,3)20-12(17)8-10(9-16(4,5)6)7-11(15)13(18)19/h10-11H,7-9,15H2,1-6H3/p+1. The molecular formula is C14H29N2O4+. The average molecular weight is 289 g/mol. The van der Waals surface area contributed by atoms with Crippen molar-refractivity contribution in [2.24, 2.45) is 11.7 Å². The molecule has 0 aliphatic heterocycles. The van der Waals surface area contributed by atoms with E-state index < -0.39 is 17.6 Å². The molecule has 0 heterocycles. The number of carbonyl (C=O) groups is 2. The van der Waals surface area contributed by atoms with Crippen molar-refractivity contribution >= 4 is 11.9 Å². The lowest BCUT2D eigenvalue weighted by atomic mass is 9.95. The summed E-state index contributed by atoms with van der Waals surface area (Å²) >= 11 is 0. The van der Waals surface area contributed by atoms with E-state index in [1.54, 1.807) is 0 Å². The zero-order valence-corrected chi connectivity index (χ0v) is 13.5. The van der Waals surface area contributed by atoms with Crippen LogP contribution in [0.3, 0.4) is 0 Å². The van der Waals surface area contributed by atoms with Crippen LogP contribution >= 0.6 is 0 Å². The lowest BCUT2D eigenvalue weighted by molar-refractivity contribution is -0.873. The van der Waals surface area contributed by atoms with Gasteiger partial charge in [0.25, 0.3) is 0 Å². The van der Waals surface area contributed by atoms with Gasteiger partial charge in [0.15, 0.2) is 0 Å². The molecule has 2 atom stereocenters. The molecule has 0 saturated carbocycles. The lowest BCUT2D eigenvalue weighted by Gasteiger charge is -2.30. The van der Waals surface area contributed by atoms with Crippen molar-refractivity contribution < 1.29 is 23.9 Å². The Morgan fingerprint density at radius 3 is 2.10 bits per heavy atom. The molecule has 0 radical (unpaired) electrons. The lowest BCUT2D eigenvalue weighted by Crippen LogP contribution is -2.43. The van der Waals surface area contributed by atoms with Crippen LogP contribution in [0.15, 0.2) is 0 Å². The predicted molar refractivity (Wildman–Crippen MR) is 77.1 cm³/mol. The third kappa shape index (κ3) is 9.75. The molecule has 0 aromatic rings. The zero-order chi connectivity index (χ0) is 16.1. The van der Waals surface area contributed by atoms with Gasteiger partial charge in [0.05, 0.1) is 34.1 Å². The van der Waals surface area contributed by atoms with Gasteiger partial charge < -0.3 is 20.1 Å². The van der Waals surface area contributed by atoms with Crippen LogP contribution in [0.4, 0.5) is 0 Å². The number of quaternary nitrogens is 1. The molecule has 20 heavy (non-hydrogen) atoms. The summed E-state index contributed by atoms with van der Waals surface area (Å²) in [6, 6.07) is -0.950. The molecule has 0 aliphatic carbocycles. The van der Waals surface area contributed by atoms with Gasteiger partial charge in [-0.25, -0.2) is 0 Å². The molecule has 0 bridgehead atoms. The summed E-state index contributed by atoms with van der Waals surface area (Å²) in [4.78, 5) is 22.8. The molecule has 0 saturated heterocycles. The molecule has 6 nitrogen and oxygen atoms in total. The number of carbonyl (C=O) groups excluding carboxylic acids is 1. The Labute approximate surface area is 121 Å². The Balaban J connectivity index is 4.69. The molecule has 0 fully saturated rings. The van der Waals surface area contributed by atoms with E-state index in [1.165, 1.54) is 0 Å². The van der Waals surface area contributed by atoms with E-state index in [9.17, 15) is 9.59 Å². The molecule has 0 aromatic heterocycles. The van der Waals surface area contributed by atoms with Crippen molar-refractivity contribution in [2.45, 2.75) is 45.3 Å². The minimum atomic E-state index is -1.04. The third-order valence-electron chi connectivity index (χ3n) is 2.59. The van der Waals surface area contributed by atoms with Crippen LogP contribution in [0, 0.1) is 5.92 Å². The summed E-state index contributed by atoms with van der Waals surface area (Å²) in [6.45, 7) is 6.09. The van der Waals surface area contributed by atoms with Crippen LogP contribution in [0.25, 0.3) is 0 Å².